The van der Waals surface area contributed by atoms with Crippen LogP contribution >= 0.6 is 14.5 Å². The van der Waals surface area contributed by atoms with Gasteiger partial charge < -0.3 is 0 Å². The first-order valence-electron chi connectivity index (χ1n) is 15.0. The Morgan fingerprint density at radius 2 is 0.568 bits per heavy atom. The Labute approximate surface area is 261 Å². The van der Waals surface area contributed by atoms with Gasteiger partial charge >= 0.3 is 0 Å². The van der Waals surface area contributed by atoms with Crippen LogP contribution in [0.1, 0.15) is 11.1 Å². The van der Waals surface area contributed by atoms with Crippen LogP contribution in [-0.4, -0.2) is 12.3 Å². The van der Waals surface area contributed by atoms with Crippen LogP contribution in [0.3, 0.4) is 0 Å². The zero-order valence-corrected chi connectivity index (χ0v) is 26.4. The number of hydrogen-bond acceptors (Lipinski definition) is 0. The summed E-state index contributed by atoms with van der Waals surface area (Å²) in [5, 5.41) is 5.05. The molecule has 0 radical (unpaired) electrons. The molecule has 218 valence electrons. The van der Waals surface area contributed by atoms with E-state index in [1.54, 1.807) is 24.3 Å². The molecule has 6 aromatic rings. The van der Waals surface area contributed by atoms with Crippen molar-refractivity contribution in [3.63, 3.8) is 0 Å². The molecule has 0 saturated heterocycles. The summed E-state index contributed by atoms with van der Waals surface area (Å²) in [6.07, 6.45) is 2.97. The standard InChI is InChI=1S/C40H36F2P2/c41-39-27-15-13-17-33(39)31-43(35-19-5-1-6-20-35,36-21-7-2-8-22-36)29-30-44(37-23-9-3-10-24-37,38-25-11-4-12-26-38)32-34-18-14-16-28-40(34)42/h1-28H,29-32H2/q+2. The molecule has 6 rings (SSSR count). The lowest BCUT2D eigenvalue weighted by atomic mass is 10.2. The van der Waals surface area contributed by atoms with Crippen LogP contribution in [0, 0.1) is 11.6 Å². The Balaban J connectivity index is 1.57. The van der Waals surface area contributed by atoms with Crippen LogP contribution in [0.2, 0.25) is 0 Å². The second-order valence-electron chi connectivity index (χ2n) is 11.2. The van der Waals surface area contributed by atoms with Crippen LogP contribution in [0.25, 0.3) is 0 Å². The van der Waals surface area contributed by atoms with E-state index in [2.05, 4.69) is 121 Å². The molecule has 0 saturated carbocycles. The fourth-order valence-electron chi connectivity index (χ4n) is 6.37. The topological polar surface area (TPSA) is 0 Å². The van der Waals surface area contributed by atoms with Gasteiger partial charge in [0.15, 0.2) is 0 Å². The molecule has 0 atom stereocenters. The normalized spacial score (nSPS) is 11.8. The summed E-state index contributed by atoms with van der Waals surface area (Å²) >= 11 is 0. The van der Waals surface area contributed by atoms with Crippen molar-refractivity contribution >= 4 is 35.7 Å². The highest BCUT2D eigenvalue weighted by molar-refractivity contribution is 7.92. The van der Waals surface area contributed by atoms with E-state index in [4.69, 9.17) is 0 Å². The SMILES string of the molecule is Fc1ccccc1C[P+](CC[P+](Cc1ccccc1F)(c1ccccc1)c1ccccc1)(c1ccccc1)c1ccccc1. The summed E-state index contributed by atoms with van der Waals surface area (Å²) in [5.41, 5.74) is 1.48. The van der Waals surface area contributed by atoms with Gasteiger partial charge in [-0.05, 0) is 60.7 Å². The van der Waals surface area contributed by atoms with Crippen molar-refractivity contribution in [3.05, 3.63) is 193 Å². The van der Waals surface area contributed by atoms with Gasteiger partial charge in [-0.3, -0.25) is 0 Å². The van der Waals surface area contributed by atoms with E-state index in [-0.39, 0.29) is 11.6 Å². The Hall–Kier alpha value is -3.96. The van der Waals surface area contributed by atoms with Gasteiger partial charge in [0, 0.05) is 11.1 Å². The summed E-state index contributed by atoms with van der Waals surface area (Å²) in [4.78, 5) is 0. The van der Waals surface area contributed by atoms with Gasteiger partial charge in [-0.2, -0.15) is 0 Å². The van der Waals surface area contributed by atoms with Crippen LogP contribution in [0.5, 0.6) is 0 Å². The minimum atomic E-state index is -2.21. The lowest BCUT2D eigenvalue weighted by Crippen LogP contribution is -2.33. The van der Waals surface area contributed by atoms with E-state index >= 15 is 8.78 Å². The van der Waals surface area contributed by atoms with Gasteiger partial charge in [-0.15, -0.1) is 0 Å². The van der Waals surface area contributed by atoms with E-state index in [9.17, 15) is 0 Å². The monoisotopic (exact) mass is 616 g/mol. The van der Waals surface area contributed by atoms with E-state index in [0.717, 1.165) is 23.5 Å². The zero-order chi connectivity index (χ0) is 30.2. The predicted molar refractivity (Wildman–Crippen MR) is 188 cm³/mol. The van der Waals surface area contributed by atoms with Crippen molar-refractivity contribution < 1.29 is 8.78 Å². The second kappa shape index (κ2) is 13.8. The lowest BCUT2D eigenvalue weighted by molar-refractivity contribution is 0.616. The van der Waals surface area contributed by atoms with Crippen molar-refractivity contribution in [1.29, 1.82) is 0 Å². The summed E-state index contributed by atoms with van der Waals surface area (Å²) < 4.78 is 30.9. The average Bonchev–Trinajstić information content (AvgIpc) is 3.09. The van der Waals surface area contributed by atoms with Gasteiger partial charge in [0.25, 0.3) is 0 Å². The maximum Gasteiger partial charge on any atom is 0.130 e. The fourth-order valence-corrected chi connectivity index (χ4v) is 16.4. The third-order valence-electron chi connectivity index (χ3n) is 8.66. The Morgan fingerprint density at radius 1 is 0.318 bits per heavy atom. The molecule has 0 aliphatic rings. The molecular formula is C40H36F2P2+2. The van der Waals surface area contributed by atoms with Gasteiger partial charge in [0.05, 0.1) is 48.1 Å². The predicted octanol–water partition coefficient (Wildman–Crippen LogP) is 9.00. The van der Waals surface area contributed by atoms with Gasteiger partial charge in [-0.1, -0.05) is 109 Å². The lowest BCUT2D eigenvalue weighted by Gasteiger charge is -2.33. The Morgan fingerprint density at radius 3 is 0.841 bits per heavy atom. The molecule has 0 spiro atoms. The molecule has 0 amide bonds. The second-order valence-corrected chi connectivity index (χ2v) is 18.7. The van der Waals surface area contributed by atoms with E-state index < -0.39 is 14.5 Å². The fraction of sp³-hybridized carbons (Fsp3) is 0.100. The molecule has 0 aromatic heterocycles. The minimum Gasteiger partial charge on any atom is -0.207 e. The first-order valence-corrected chi connectivity index (χ1v) is 19.4. The number of benzene rings is 6. The van der Waals surface area contributed by atoms with Crippen molar-refractivity contribution in [2.24, 2.45) is 0 Å². The molecule has 0 nitrogen and oxygen atoms in total. The third-order valence-corrected chi connectivity index (χ3v) is 17.9. The summed E-state index contributed by atoms with van der Waals surface area (Å²) in [7, 11) is -4.42. The van der Waals surface area contributed by atoms with Gasteiger partial charge in [-0.25, -0.2) is 8.78 Å². The van der Waals surface area contributed by atoms with E-state index in [1.807, 2.05) is 24.3 Å². The van der Waals surface area contributed by atoms with Crippen molar-refractivity contribution in [1.82, 2.24) is 0 Å². The largest absolute Gasteiger partial charge is 0.207 e. The van der Waals surface area contributed by atoms with Gasteiger partial charge in [0.1, 0.15) is 24.0 Å². The molecular weight excluding hydrogens is 580 g/mol. The molecule has 0 unspecified atom stereocenters. The first kappa shape index (κ1) is 30.1. The quantitative estimate of drug-likeness (QED) is 0.128. The molecule has 0 fully saturated rings. The molecule has 0 aliphatic carbocycles. The van der Waals surface area contributed by atoms with Crippen molar-refractivity contribution in [2.75, 3.05) is 12.3 Å². The van der Waals surface area contributed by atoms with Crippen molar-refractivity contribution in [3.8, 4) is 0 Å². The number of rotatable bonds is 11. The summed E-state index contributed by atoms with van der Waals surface area (Å²) in [6.45, 7) is 0. The van der Waals surface area contributed by atoms with Crippen LogP contribution < -0.4 is 21.2 Å². The third kappa shape index (κ3) is 6.30. The molecule has 44 heavy (non-hydrogen) atoms. The molecule has 6 aromatic carbocycles. The Kier molecular flexibility index (Phi) is 9.42. The van der Waals surface area contributed by atoms with E-state index in [1.165, 1.54) is 21.2 Å². The van der Waals surface area contributed by atoms with Crippen LogP contribution in [-0.2, 0) is 12.3 Å². The highest BCUT2D eigenvalue weighted by Crippen LogP contribution is 2.66. The highest BCUT2D eigenvalue weighted by Gasteiger charge is 2.51. The molecule has 0 bridgehead atoms. The maximum absolute atomic E-state index is 15.5. The van der Waals surface area contributed by atoms with Crippen LogP contribution in [0.4, 0.5) is 8.78 Å². The smallest absolute Gasteiger partial charge is 0.130 e. The average molecular weight is 617 g/mol. The molecule has 4 heteroatoms. The van der Waals surface area contributed by atoms with Gasteiger partial charge in [0.2, 0.25) is 0 Å². The van der Waals surface area contributed by atoms with E-state index in [0.29, 0.717) is 12.3 Å². The van der Waals surface area contributed by atoms with Crippen molar-refractivity contribution in [2.45, 2.75) is 12.3 Å². The molecule has 0 N–H and O–H groups in total. The number of hydrogen-bond donors (Lipinski definition) is 0. The molecule has 0 aliphatic heterocycles. The number of halogens is 2. The molecule has 0 heterocycles. The minimum absolute atomic E-state index is 0.165. The van der Waals surface area contributed by atoms with Crippen LogP contribution in [0.15, 0.2) is 170 Å². The Bertz CT molecular complexity index is 1560. The zero-order valence-electron chi connectivity index (χ0n) is 24.6. The summed E-state index contributed by atoms with van der Waals surface area (Å²) in [5.74, 6) is -0.329. The highest BCUT2D eigenvalue weighted by atomic mass is 31.2. The summed E-state index contributed by atoms with van der Waals surface area (Å²) in [6, 6.07) is 57.2. The first-order chi connectivity index (χ1) is 21.6. The maximum atomic E-state index is 15.5.